The van der Waals surface area contributed by atoms with Gasteiger partial charge in [-0.15, -0.1) is 0 Å². The van der Waals surface area contributed by atoms with Crippen LogP contribution in [0.1, 0.15) is 22.4 Å². The van der Waals surface area contributed by atoms with Gasteiger partial charge in [0.15, 0.2) is 0 Å². The summed E-state index contributed by atoms with van der Waals surface area (Å²) in [5.74, 6) is 0.662. The zero-order valence-corrected chi connectivity index (χ0v) is 16.2. The zero-order valence-electron chi connectivity index (χ0n) is 15.4. The van der Waals surface area contributed by atoms with Crippen molar-refractivity contribution < 1.29 is 4.74 Å². The topological polar surface area (TPSA) is 73.6 Å². The fourth-order valence-corrected chi connectivity index (χ4v) is 3.77. The molecule has 0 aliphatic rings. The lowest BCUT2D eigenvalue weighted by Gasteiger charge is -2.02. The van der Waals surface area contributed by atoms with Crippen LogP contribution >= 0.6 is 11.3 Å². The van der Waals surface area contributed by atoms with E-state index < -0.39 is 5.56 Å². The molecule has 0 spiro atoms. The van der Waals surface area contributed by atoms with Crippen LogP contribution in [0.5, 0.6) is 5.75 Å². The van der Waals surface area contributed by atoms with E-state index in [-0.39, 0.29) is 16.2 Å². The predicted molar refractivity (Wildman–Crippen MR) is 109 cm³/mol. The first-order valence-electron chi connectivity index (χ1n) is 8.68. The lowest BCUT2D eigenvalue weighted by Crippen LogP contribution is -2.28. The minimum absolute atomic E-state index is 0.250. The fraction of sp³-hybridized carbons (Fsp3) is 0.143. The van der Waals surface area contributed by atoms with Crippen molar-refractivity contribution in [3.05, 3.63) is 96.2 Å². The minimum Gasteiger partial charge on any atom is -0.496 e. The summed E-state index contributed by atoms with van der Waals surface area (Å²) in [6, 6.07) is 15.2. The molecule has 0 amide bonds. The van der Waals surface area contributed by atoms with Gasteiger partial charge in [-0.25, -0.2) is 0 Å². The van der Waals surface area contributed by atoms with E-state index in [4.69, 9.17) is 4.74 Å². The Labute approximate surface area is 164 Å². The van der Waals surface area contributed by atoms with Crippen molar-refractivity contribution in [3.8, 4) is 5.75 Å². The molecule has 0 saturated carbocycles. The van der Waals surface area contributed by atoms with Gasteiger partial charge in [-0.05, 0) is 24.6 Å². The number of hydrogen-bond acceptors (Lipinski definition) is 6. The third kappa shape index (κ3) is 3.44. The first-order chi connectivity index (χ1) is 13.5. The number of aryl methyl sites for hydroxylation is 1. The number of thiazole rings is 1. The van der Waals surface area contributed by atoms with E-state index in [1.807, 2.05) is 55.5 Å². The Hall–Kier alpha value is -3.32. The molecule has 0 saturated heterocycles. The number of fused-ring (bicyclic) bond motifs is 1. The molecule has 6 nitrogen and oxygen atoms in total. The molecular weight excluding hydrogens is 374 g/mol. The van der Waals surface area contributed by atoms with Crippen molar-refractivity contribution in [2.75, 3.05) is 7.11 Å². The molecule has 28 heavy (non-hydrogen) atoms. The molecule has 0 bridgehead atoms. The van der Waals surface area contributed by atoms with Gasteiger partial charge < -0.3 is 4.74 Å². The molecule has 0 fully saturated rings. The summed E-state index contributed by atoms with van der Waals surface area (Å²) in [6.45, 7) is 2.00. The monoisotopic (exact) mass is 391 g/mol. The summed E-state index contributed by atoms with van der Waals surface area (Å²) < 4.78 is 6.97. The quantitative estimate of drug-likeness (QED) is 0.532. The van der Waals surface area contributed by atoms with E-state index in [1.54, 1.807) is 13.2 Å². The SMILES string of the molecule is COc1ccccc1C=c1sc2nc(=O)c(Cc3ccc(C)cc3)nn2c1=O. The van der Waals surface area contributed by atoms with Crippen LogP contribution in [0.15, 0.2) is 58.1 Å². The van der Waals surface area contributed by atoms with Crippen LogP contribution in [0.25, 0.3) is 11.0 Å². The van der Waals surface area contributed by atoms with Gasteiger partial charge in [0.25, 0.3) is 11.1 Å². The lowest BCUT2D eigenvalue weighted by atomic mass is 10.1. The number of para-hydroxylation sites is 1. The highest BCUT2D eigenvalue weighted by atomic mass is 32.1. The van der Waals surface area contributed by atoms with Crippen LogP contribution in [0, 0.1) is 6.92 Å². The average molecular weight is 391 g/mol. The van der Waals surface area contributed by atoms with E-state index in [0.717, 1.165) is 28.0 Å². The highest BCUT2D eigenvalue weighted by Gasteiger charge is 2.12. The molecule has 4 rings (SSSR count). The van der Waals surface area contributed by atoms with E-state index in [9.17, 15) is 9.59 Å². The van der Waals surface area contributed by atoms with Crippen LogP contribution in [-0.2, 0) is 6.42 Å². The van der Waals surface area contributed by atoms with Crippen molar-refractivity contribution >= 4 is 22.4 Å². The number of nitrogens with zero attached hydrogens (tertiary/aromatic N) is 3. The Balaban J connectivity index is 1.81. The van der Waals surface area contributed by atoms with E-state index in [1.165, 1.54) is 4.52 Å². The van der Waals surface area contributed by atoms with E-state index in [0.29, 0.717) is 16.7 Å². The summed E-state index contributed by atoms with van der Waals surface area (Å²) in [7, 11) is 1.58. The van der Waals surface area contributed by atoms with Crippen LogP contribution < -0.4 is 20.4 Å². The summed E-state index contributed by atoms with van der Waals surface area (Å²) in [5, 5.41) is 4.29. The molecule has 0 aliphatic carbocycles. The highest BCUT2D eigenvalue weighted by molar-refractivity contribution is 7.15. The first-order valence-corrected chi connectivity index (χ1v) is 9.50. The second-order valence-electron chi connectivity index (χ2n) is 6.38. The van der Waals surface area contributed by atoms with Gasteiger partial charge in [0.1, 0.15) is 11.4 Å². The Kier molecular flexibility index (Phi) is 4.75. The van der Waals surface area contributed by atoms with Crippen molar-refractivity contribution in [3.63, 3.8) is 0 Å². The predicted octanol–water partition coefficient (Wildman–Crippen LogP) is 1.97. The van der Waals surface area contributed by atoms with Crippen molar-refractivity contribution in [1.82, 2.24) is 14.6 Å². The number of benzene rings is 2. The average Bonchev–Trinajstić information content (AvgIpc) is 2.99. The van der Waals surface area contributed by atoms with Gasteiger partial charge in [-0.1, -0.05) is 59.4 Å². The molecule has 0 atom stereocenters. The van der Waals surface area contributed by atoms with Gasteiger partial charge >= 0.3 is 0 Å². The summed E-state index contributed by atoms with van der Waals surface area (Å²) in [6.07, 6.45) is 2.06. The van der Waals surface area contributed by atoms with Crippen molar-refractivity contribution in [2.45, 2.75) is 13.3 Å². The smallest absolute Gasteiger partial charge is 0.296 e. The van der Waals surface area contributed by atoms with Crippen LogP contribution in [0.4, 0.5) is 0 Å². The van der Waals surface area contributed by atoms with E-state index in [2.05, 4.69) is 10.1 Å². The third-order valence-corrected chi connectivity index (χ3v) is 5.33. The Bertz CT molecular complexity index is 1320. The summed E-state index contributed by atoms with van der Waals surface area (Å²) >= 11 is 1.13. The number of rotatable bonds is 4. The fourth-order valence-electron chi connectivity index (χ4n) is 2.88. The molecular formula is C21H17N3O3S. The standard InChI is InChI=1S/C21H17N3O3S/c1-13-7-9-14(10-8-13)11-16-19(25)22-21-24(23-16)20(26)18(28-21)12-15-5-3-4-6-17(15)27-2/h3-10,12H,11H2,1-2H3. The van der Waals surface area contributed by atoms with Gasteiger partial charge in [-0.3, -0.25) is 9.59 Å². The van der Waals surface area contributed by atoms with Gasteiger partial charge in [0, 0.05) is 12.0 Å². The van der Waals surface area contributed by atoms with Gasteiger partial charge in [0.05, 0.1) is 11.6 Å². The number of hydrogen-bond donors (Lipinski definition) is 0. The molecule has 7 heteroatoms. The largest absolute Gasteiger partial charge is 0.496 e. The second kappa shape index (κ2) is 7.36. The molecule has 0 N–H and O–H groups in total. The number of methoxy groups -OCH3 is 1. The molecule has 2 aromatic heterocycles. The second-order valence-corrected chi connectivity index (χ2v) is 7.39. The maximum absolute atomic E-state index is 12.8. The van der Waals surface area contributed by atoms with Gasteiger partial charge in [-0.2, -0.15) is 14.6 Å². The molecule has 0 aliphatic heterocycles. The summed E-state index contributed by atoms with van der Waals surface area (Å²) in [4.78, 5) is 29.5. The van der Waals surface area contributed by atoms with Crippen LogP contribution in [0.2, 0.25) is 0 Å². The Morgan fingerprint density at radius 1 is 1.11 bits per heavy atom. The Morgan fingerprint density at radius 2 is 1.86 bits per heavy atom. The van der Waals surface area contributed by atoms with E-state index >= 15 is 0 Å². The molecule has 140 valence electrons. The zero-order chi connectivity index (χ0) is 19.7. The van der Waals surface area contributed by atoms with Crippen LogP contribution in [-0.4, -0.2) is 21.7 Å². The lowest BCUT2D eigenvalue weighted by molar-refractivity contribution is 0.414. The Morgan fingerprint density at radius 3 is 2.61 bits per heavy atom. The molecule has 4 aromatic rings. The summed E-state index contributed by atoms with van der Waals surface area (Å²) in [5.41, 5.74) is 2.39. The highest BCUT2D eigenvalue weighted by Crippen LogP contribution is 2.17. The molecule has 2 aromatic carbocycles. The molecule has 0 radical (unpaired) electrons. The minimum atomic E-state index is -0.411. The normalized spacial score (nSPS) is 11.9. The third-order valence-electron chi connectivity index (χ3n) is 4.37. The van der Waals surface area contributed by atoms with Crippen molar-refractivity contribution in [1.29, 1.82) is 0 Å². The molecule has 0 unspecified atom stereocenters. The maximum Gasteiger partial charge on any atom is 0.296 e. The van der Waals surface area contributed by atoms with Gasteiger partial charge in [0.2, 0.25) is 4.96 Å². The van der Waals surface area contributed by atoms with Crippen LogP contribution in [0.3, 0.4) is 0 Å². The molecule has 2 heterocycles. The number of ether oxygens (including phenoxy) is 1. The van der Waals surface area contributed by atoms with Crippen molar-refractivity contribution in [2.24, 2.45) is 0 Å². The first kappa shape index (κ1) is 18.1. The maximum atomic E-state index is 12.8. The number of aromatic nitrogens is 3.